The average Bonchev–Trinajstić information content (AvgIpc) is 2.03. The molecule has 1 radical (unpaired) electrons. The second kappa shape index (κ2) is 3.53. The van der Waals surface area contributed by atoms with Gasteiger partial charge in [-0.1, -0.05) is 63.7 Å². The Morgan fingerprint density at radius 3 is 2.00 bits per heavy atom. The minimum atomic E-state index is 0.177. The summed E-state index contributed by atoms with van der Waals surface area (Å²) in [6.07, 6.45) is 0. The smallest absolute Gasteiger partial charge is 0.0449 e. The van der Waals surface area contributed by atoms with Gasteiger partial charge in [-0.25, -0.2) is 0 Å². The molecule has 0 aliphatic rings. The molecule has 0 amide bonds. The minimum Gasteiger partial charge on any atom is -0.0847 e. The maximum absolute atomic E-state index is 5.44. The lowest BCUT2D eigenvalue weighted by Gasteiger charge is -2.25. The summed E-state index contributed by atoms with van der Waals surface area (Å²) in [6.45, 7) is 6.53. The molecule has 0 spiro atoms. The van der Waals surface area contributed by atoms with Crippen LogP contribution in [0.4, 0.5) is 0 Å². The largest absolute Gasteiger partial charge is 0.0847 e. The van der Waals surface area contributed by atoms with Crippen LogP contribution in [0.25, 0.3) is 0 Å². The predicted octanol–water partition coefficient (Wildman–Crippen LogP) is 3.97. The molecule has 1 unspecified atom stereocenters. The molecule has 1 heteroatoms. The molecule has 0 bridgehead atoms. The fraction of sp³-hybridized carbons (Fsp3) is 0.455. The van der Waals surface area contributed by atoms with Gasteiger partial charge in [0.25, 0.3) is 0 Å². The zero-order valence-electron chi connectivity index (χ0n) is 7.87. The van der Waals surface area contributed by atoms with Crippen molar-refractivity contribution in [1.29, 1.82) is 0 Å². The summed E-state index contributed by atoms with van der Waals surface area (Å²) in [5.74, 6) is 0. The molecule has 0 fully saturated rings. The molecule has 1 rings (SSSR count). The van der Waals surface area contributed by atoms with Crippen LogP contribution >= 0.6 is 12.6 Å². The SMILES string of the molecule is CC(C)(C)C([S])c1ccccc1. The number of rotatable bonds is 1. The highest BCUT2D eigenvalue weighted by atomic mass is 32.1. The van der Waals surface area contributed by atoms with Crippen molar-refractivity contribution in [3.8, 4) is 0 Å². The van der Waals surface area contributed by atoms with Crippen molar-refractivity contribution in [3.05, 3.63) is 35.9 Å². The number of hydrogen-bond donors (Lipinski definition) is 0. The van der Waals surface area contributed by atoms with Crippen molar-refractivity contribution in [1.82, 2.24) is 0 Å². The summed E-state index contributed by atoms with van der Waals surface area (Å²) < 4.78 is 0. The number of hydrogen-bond acceptors (Lipinski definition) is 0. The lowest BCUT2D eigenvalue weighted by atomic mass is 9.87. The Morgan fingerprint density at radius 1 is 1.08 bits per heavy atom. The Labute approximate surface area is 80.4 Å². The van der Waals surface area contributed by atoms with Crippen LogP contribution in [0, 0.1) is 5.41 Å². The van der Waals surface area contributed by atoms with E-state index in [1.54, 1.807) is 0 Å². The Bertz CT molecular complexity index is 233. The van der Waals surface area contributed by atoms with Crippen LogP contribution in [0.1, 0.15) is 31.6 Å². The van der Waals surface area contributed by atoms with E-state index in [0.29, 0.717) is 0 Å². The predicted molar refractivity (Wildman–Crippen MR) is 56.2 cm³/mol. The average molecular weight is 179 g/mol. The lowest BCUT2D eigenvalue weighted by molar-refractivity contribution is 0.403. The summed E-state index contributed by atoms with van der Waals surface area (Å²) >= 11 is 5.44. The highest BCUT2D eigenvalue weighted by Gasteiger charge is 2.22. The van der Waals surface area contributed by atoms with E-state index >= 15 is 0 Å². The zero-order valence-corrected chi connectivity index (χ0v) is 8.69. The maximum atomic E-state index is 5.44. The van der Waals surface area contributed by atoms with Gasteiger partial charge < -0.3 is 0 Å². The quantitative estimate of drug-likeness (QED) is 0.612. The van der Waals surface area contributed by atoms with Crippen molar-refractivity contribution in [2.45, 2.75) is 26.0 Å². The van der Waals surface area contributed by atoms with E-state index < -0.39 is 0 Å². The first-order chi connectivity index (χ1) is 5.52. The lowest BCUT2D eigenvalue weighted by Crippen LogP contribution is -2.12. The second-order valence-electron chi connectivity index (χ2n) is 4.16. The molecule has 0 aromatic heterocycles. The normalized spacial score (nSPS) is 14.3. The molecule has 1 aromatic carbocycles. The fourth-order valence-corrected chi connectivity index (χ4v) is 1.28. The van der Waals surface area contributed by atoms with Crippen LogP contribution in [-0.2, 0) is 0 Å². The molecule has 65 valence electrons. The Kier molecular flexibility index (Phi) is 2.84. The third-order valence-corrected chi connectivity index (χ3v) is 2.87. The van der Waals surface area contributed by atoms with Crippen LogP contribution in [0.2, 0.25) is 0 Å². The van der Waals surface area contributed by atoms with E-state index in [1.165, 1.54) is 5.56 Å². The van der Waals surface area contributed by atoms with Gasteiger partial charge in [-0.05, 0) is 11.0 Å². The Hall–Kier alpha value is -0.430. The van der Waals surface area contributed by atoms with Gasteiger partial charge in [0, 0.05) is 5.25 Å². The van der Waals surface area contributed by atoms with Gasteiger partial charge in [0.15, 0.2) is 0 Å². The van der Waals surface area contributed by atoms with Crippen LogP contribution < -0.4 is 0 Å². The molecule has 0 saturated heterocycles. The van der Waals surface area contributed by atoms with Crippen molar-refractivity contribution < 1.29 is 0 Å². The highest BCUT2D eigenvalue weighted by molar-refractivity contribution is 7.80. The molecule has 0 heterocycles. The summed E-state index contributed by atoms with van der Waals surface area (Å²) in [4.78, 5) is 0. The summed E-state index contributed by atoms with van der Waals surface area (Å²) in [5, 5.41) is 0.207. The van der Waals surface area contributed by atoms with E-state index in [9.17, 15) is 0 Å². The van der Waals surface area contributed by atoms with Gasteiger partial charge in [0.2, 0.25) is 0 Å². The molecule has 1 atom stereocenters. The molecule has 0 aliphatic carbocycles. The van der Waals surface area contributed by atoms with Crippen molar-refractivity contribution in [3.63, 3.8) is 0 Å². The molecule has 1 aromatic rings. The minimum absolute atomic E-state index is 0.177. The van der Waals surface area contributed by atoms with E-state index in [2.05, 4.69) is 32.9 Å². The van der Waals surface area contributed by atoms with Gasteiger partial charge in [-0.15, -0.1) is 0 Å². The van der Waals surface area contributed by atoms with Crippen LogP contribution in [0.15, 0.2) is 30.3 Å². The van der Waals surface area contributed by atoms with E-state index in [1.807, 2.05) is 18.2 Å². The molecule has 0 N–H and O–H groups in total. The van der Waals surface area contributed by atoms with Gasteiger partial charge in [-0.2, -0.15) is 0 Å². The molecule has 12 heavy (non-hydrogen) atoms. The van der Waals surface area contributed by atoms with Crippen molar-refractivity contribution in [2.75, 3.05) is 0 Å². The van der Waals surface area contributed by atoms with E-state index in [4.69, 9.17) is 12.6 Å². The van der Waals surface area contributed by atoms with E-state index in [0.717, 1.165) is 0 Å². The van der Waals surface area contributed by atoms with Crippen molar-refractivity contribution >= 4 is 12.6 Å². The zero-order chi connectivity index (χ0) is 9.19. The summed E-state index contributed by atoms with van der Waals surface area (Å²) in [7, 11) is 0. The summed E-state index contributed by atoms with van der Waals surface area (Å²) in [6, 6.07) is 10.3. The Balaban J connectivity index is 2.86. The third kappa shape index (κ3) is 2.28. The Morgan fingerprint density at radius 2 is 1.58 bits per heavy atom. The number of benzene rings is 1. The second-order valence-corrected chi connectivity index (χ2v) is 4.63. The van der Waals surface area contributed by atoms with Gasteiger partial charge in [-0.3, -0.25) is 0 Å². The van der Waals surface area contributed by atoms with Crippen LogP contribution in [0.5, 0.6) is 0 Å². The standard InChI is InChI=1S/C11H15S/c1-11(2,3)10(12)9-7-5-4-6-8-9/h4-8,10H,1-3H3. The van der Waals surface area contributed by atoms with Gasteiger partial charge >= 0.3 is 0 Å². The van der Waals surface area contributed by atoms with Crippen molar-refractivity contribution in [2.24, 2.45) is 5.41 Å². The monoisotopic (exact) mass is 179 g/mol. The molecular formula is C11H15S. The first-order valence-corrected chi connectivity index (χ1v) is 4.70. The van der Waals surface area contributed by atoms with Crippen LogP contribution in [0.3, 0.4) is 0 Å². The summed E-state index contributed by atoms with van der Waals surface area (Å²) in [5.41, 5.74) is 1.43. The highest BCUT2D eigenvalue weighted by Crippen LogP contribution is 2.37. The fourth-order valence-electron chi connectivity index (χ4n) is 1.13. The van der Waals surface area contributed by atoms with E-state index in [-0.39, 0.29) is 10.7 Å². The molecular weight excluding hydrogens is 164 g/mol. The first-order valence-electron chi connectivity index (χ1n) is 4.22. The first kappa shape index (κ1) is 9.66. The molecule has 0 saturated carbocycles. The topological polar surface area (TPSA) is 0 Å². The maximum Gasteiger partial charge on any atom is 0.0449 e. The molecule has 0 aliphatic heterocycles. The van der Waals surface area contributed by atoms with Gasteiger partial charge in [0.05, 0.1) is 0 Å². The third-order valence-electron chi connectivity index (χ3n) is 1.89. The van der Waals surface area contributed by atoms with Crippen LogP contribution in [-0.4, -0.2) is 0 Å². The molecule has 0 nitrogen and oxygen atoms in total. The van der Waals surface area contributed by atoms with Gasteiger partial charge in [0.1, 0.15) is 0 Å².